The number of alkyl halides is 3. The normalized spacial score (nSPS) is 12.2. The Labute approximate surface area is 183 Å². The maximum absolute atomic E-state index is 13.9. The molecule has 1 aromatic carbocycles. The molecule has 0 aliphatic heterocycles. The molecule has 0 saturated heterocycles. The number of fused-ring (bicyclic) bond motifs is 2. The predicted molar refractivity (Wildman–Crippen MR) is 113 cm³/mol. The first-order valence-electron chi connectivity index (χ1n) is 9.85. The third-order valence-electron chi connectivity index (χ3n) is 5.45. The molecule has 0 spiro atoms. The van der Waals surface area contributed by atoms with E-state index in [0.29, 0.717) is 45.3 Å². The summed E-state index contributed by atoms with van der Waals surface area (Å²) in [4.78, 5) is 28.6. The average molecular weight is 456 g/mol. The zero-order valence-electron chi connectivity index (χ0n) is 17.4. The van der Waals surface area contributed by atoms with Crippen molar-refractivity contribution in [2.75, 3.05) is 0 Å². The Kier molecular flexibility index (Phi) is 4.59. The fraction of sp³-hybridized carbons (Fsp3) is 0.182. The summed E-state index contributed by atoms with van der Waals surface area (Å²) in [6.07, 6.45) is 0.151. The second-order valence-corrected chi connectivity index (χ2v) is 7.72. The lowest BCUT2D eigenvalue weighted by Crippen LogP contribution is -2.16. The number of nitrogens with zero attached hydrogens (tertiary/aromatic N) is 5. The van der Waals surface area contributed by atoms with E-state index in [0.717, 1.165) is 12.1 Å². The van der Waals surface area contributed by atoms with Gasteiger partial charge in [0, 0.05) is 30.4 Å². The minimum absolute atomic E-state index is 0.0753. The minimum Gasteiger partial charge on any atom is -0.357 e. The summed E-state index contributed by atoms with van der Waals surface area (Å²) in [6, 6.07) is 4.17. The van der Waals surface area contributed by atoms with Crippen molar-refractivity contribution in [2.24, 2.45) is 7.05 Å². The van der Waals surface area contributed by atoms with Gasteiger partial charge in [-0.1, -0.05) is 0 Å². The van der Waals surface area contributed by atoms with E-state index in [2.05, 4.69) is 19.9 Å². The summed E-state index contributed by atoms with van der Waals surface area (Å²) in [6.45, 7) is 1.59. The van der Waals surface area contributed by atoms with E-state index in [4.69, 9.17) is 0 Å². The topological polar surface area (TPSA) is 81.4 Å². The number of halogens is 4. The molecule has 7 nitrogen and oxygen atoms in total. The van der Waals surface area contributed by atoms with Crippen LogP contribution in [-0.2, 0) is 19.8 Å². The van der Waals surface area contributed by atoms with Crippen LogP contribution in [0.1, 0.15) is 17.0 Å². The monoisotopic (exact) mass is 456 g/mol. The number of H-pyrrole nitrogens is 1. The minimum atomic E-state index is -4.67. The van der Waals surface area contributed by atoms with Gasteiger partial charge in [0.05, 0.1) is 24.0 Å². The molecule has 4 heterocycles. The van der Waals surface area contributed by atoms with Crippen LogP contribution < -0.4 is 5.56 Å². The van der Waals surface area contributed by atoms with Crippen molar-refractivity contribution >= 4 is 22.2 Å². The maximum Gasteiger partial charge on any atom is 0.416 e. The molecule has 0 aliphatic carbocycles. The van der Waals surface area contributed by atoms with Crippen LogP contribution in [0.2, 0.25) is 0 Å². The second-order valence-electron chi connectivity index (χ2n) is 7.72. The van der Waals surface area contributed by atoms with Crippen LogP contribution in [0.4, 0.5) is 17.6 Å². The lowest BCUT2D eigenvalue weighted by atomic mass is 10.1. The Hall–Kier alpha value is -4.02. The van der Waals surface area contributed by atoms with Gasteiger partial charge >= 0.3 is 6.18 Å². The van der Waals surface area contributed by atoms with Crippen molar-refractivity contribution in [2.45, 2.75) is 19.6 Å². The van der Waals surface area contributed by atoms with Crippen molar-refractivity contribution in [1.29, 1.82) is 0 Å². The van der Waals surface area contributed by atoms with Crippen LogP contribution in [0.3, 0.4) is 0 Å². The zero-order chi connectivity index (χ0) is 23.5. The third-order valence-corrected chi connectivity index (χ3v) is 5.45. The molecule has 0 radical (unpaired) electrons. The van der Waals surface area contributed by atoms with Gasteiger partial charge in [-0.2, -0.15) is 13.2 Å². The van der Waals surface area contributed by atoms with Crippen molar-refractivity contribution in [3.63, 3.8) is 0 Å². The van der Waals surface area contributed by atoms with Crippen LogP contribution in [0.25, 0.3) is 33.5 Å². The molecule has 11 heteroatoms. The first-order valence-corrected chi connectivity index (χ1v) is 9.85. The quantitative estimate of drug-likeness (QED) is 0.413. The molecule has 5 aromatic rings. The fourth-order valence-electron chi connectivity index (χ4n) is 3.88. The van der Waals surface area contributed by atoms with Gasteiger partial charge in [0.1, 0.15) is 17.2 Å². The molecule has 0 bridgehead atoms. The Morgan fingerprint density at radius 3 is 2.70 bits per heavy atom. The molecule has 4 aromatic heterocycles. The molecule has 168 valence electrons. The van der Waals surface area contributed by atoms with E-state index < -0.39 is 17.6 Å². The van der Waals surface area contributed by atoms with Crippen molar-refractivity contribution in [1.82, 2.24) is 29.1 Å². The second kappa shape index (κ2) is 7.26. The first-order chi connectivity index (χ1) is 15.6. The fourth-order valence-corrected chi connectivity index (χ4v) is 3.88. The number of nitrogens with one attached hydrogen (secondary N) is 1. The van der Waals surface area contributed by atoms with Gasteiger partial charge < -0.3 is 14.1 Å². The first kappa shape index (κ1) is 20.9. The maximum atomic E-state index is 13.9. The van der Waals surface area contributed by atoms with Crippen LogP contribution in [0.5, 0.6) is 0 Å². The van der Waals surface area contributed by atoms with E-state index in [1.165, 1.54) is 10.8 Å². The molecule has 5 rings (SSSR count). The number of aryl methyl sites for hydroxylation is 2. The van der Waals surface area contributed by atoms with Gasteiger partial charge in [-0.05, 0) is 36.8 Å². The smallest absolute Gasteiger partial charge is 0.357 e. The van der Waals surface area contributed by atoms with Crippen molar-refractivity contribution in [3.05, 3.63) is 76.0 Å². The molecule has 33 heavy (non-hydrogen) atoms. The molecule has 1 N–H and O–H groups in total. The molecular weight excluding hydrogens is 440 g/mol. The molecule has 0 unspecified atom stereocenters. The number of hydrogen-bond acceptors (Lipinski definition) is 4. The van der Waals surface area contributed by atoms with E-state index in [1.807, 2.05) is 0 Å². The Morgan fingerprint density at radius 1 is 1.15 bits per heavy atom. The van der Waals surface area contributed by atoms with Crippen LogP contribution in [-0.4, -0.2) is 29.1 Å². The van der Waals surface area contributed by atoms with Gasteiger partial charge in [-0.3, -0.25) is 4.79 Å². The van der Waals surface area contributed by atoms with Gasteiger partial charge in [-0.25, -0.2) is 19.3 Å². The van der Waals surface area contributed by atoms with E-state index in [1.54, 1.807) is 37.0 Å². The predicted octanol–water partition coefficient (Wildman–Crippen LogP) is 4.19. The zero-order valence-corrected chi connectivity index (χ0v) is 17.4. The standard InChI is InChI=1S/C22H16F4N6O/c1-11-29-19-20(32(11)9-12-5-13(22(24,25)26)7-14(23)6-12)30-17(8-28-19)16-10-31(2)21(33)18-15(16)3-4-27-18/h3-8,10,27H,9H2,1-2H3. The Bertz CT molecular complexity index is 1590. The molecule has 0 atom stereocenters. The van der Waals surface area contributed by atoms with Crippen molar-refractivity contribution < 1.29 is 17.6 Å². The van der Waals surface area contributed by atoms with Crippen LogP contribution in [0, 0.1) is 12.7 Å². The highest BCUT2D eigenvalue weighted by molar-refractivity contribution is 5.93. The summed E-state index contributed by atoms with van der Waals surface area (Å²) >= 11 is 0. The number of benzene rings is 1. The van der Waals surface area contributed by atoms with E-state index in [9.17, 15) is 22.4 Å². The largest absolute Gasteiger partial charge is 0.416 e. The molecule has 0 saturated carbocycles. The van der Waals surface area contributed by atoms with Gasteiger partial charge in [0.2, 0.25) is 0 Å². The summed E-state index contributed by atoms with van der Waals surface area (Å²) in [5, 5.41) is 0.662. The Balaban J connectivity index is 1.65. The summed E-state index contributed by atoms with van der Waals surface area (Å²) in [5.74, 6) is -0.513. The highest BCUT2D eigenvalue weighted by Gasteiger charge is 2.31. The van der Waals surface area contributed by atoms with Crippen molar-refractivity contribution in [3.8, 4) is 11.3 Å². The lowest BCUT2D eigenvalue weighted by molar-refractivity contribution is -0.137. The number of aromatic nitrogens is 6. The van der Waals surface area contributed by atoms with Crippen LogP contribution in [0.15, 0.2) is 47.7 Å². The van der Waals surface area contributed by atoms with E-state index in [-0.39, 0.29) is 17.7 Å². The van der Waals surface area contributed by atoms with E-state index >= 15 is 0 Å². The Morgan fingerprint density at radius 2 is 1.94 bits per heavy atom. The summed E-state index contributed by atoms with van der Waals surface area (Å²) in [7, 11) is 1.62. The molecule has 0 fully saturated rings. The number of rotatable bonds is 3. The SMILES string of the molecule is Cc1nc2ncc(-c3cn(C)c(=O)c4[nH]ccc34)nc2n1Cc1cc(F)cc(C(F)(F)F)c1. The average Bonchev–Trinajstić information content (AvgIpc) is 3.35. The molecule has 0 amide bonds. The molecule has 0 aliphatic rings. The van der Waals surface area contributed by atoms with Gasteiger partial charge in [-0.15, -0.1) is 0 Å². The number of aromatic amines is 1. The number of imidazole rings is 1. The van der Waals surface area contributed by atoms with Gasteiger partial charge in [0.25, 0.3) is 5.56 Å². The molecular formula is C22H16F4N6O. The van der Waals surface area contributed by atoms with Crippen LogP contribution >= 0.6 is 0 Å². The third kappa shape index (κ3) is 3.55. The summed E-state index contributed by atoms with van der Waals surface area (Å²) < 4.78 is 56.3. The lowest BCUT2D eigenvalue weighted by Gasteiger charge is -2.11. The van der Waals surface area contributed by atoms with Gasteiger partial charge in [0.15, 0.2) is 11.3 Å². The highest BCUT2D eigenvalue weighted by atomic mass is 19.4. The number of pyridine rings is 1. The number of hydrogen-bond donors (Lipinski definition) is 1. The highest BCUT2D eigenvalue weighted by Crippen LogP contribution is 2.31. The summed E-state index contributed by atoms with van der Waals surface area (Å²) in [5.41, 5.74) is 1.02.